The lowest BCUT2D eigenvalue weighted by molar-refractivity contribution is -0.132. The molecule has 5 nitrogen and oxygen atoms in total. The van der Waals surface area contributed by atoms with Crippen molar-refractivity contribution >= 4 is 11.7 Å². The molecule has 1 heterocycles. The summed E-state index contributed by atoms with van der Waals surface area (Å²) in [4.78, 5) is 16.1. The van der Waals surface area contributed by atoms with Gasteiger partial charge in [-0.25, -0.2) is 10.8 Å². The fourth-order valence-corrected chi connectivity index (χ4v) is 1.54. The van der Waals surface area contributed by atoms with E-state index in [0.717, 1.165) is 0 Å². The number of hydrogen-bond acceptors (Lipinski definition) is 4. The summed E-state index contributed by atoms with van der Waals surface area (Å²) >= 11 is 0. The van der Waals surface area contributed by atoms with Crippen molar-refractivity contribution in [3.63, 3.8) is 0 Å². The van der Waals surface area contributed by atoms with Crippen LogP contribution in [0.2, 0.25) is 0 Å². The van der Waals surface area contributed by atoms with Gasteiger partial charge < -0.3 is 10.7 Å². The fourth-order valence-electron chi connectivity index (χ4n) is 1.54. The summed E-state index contributed by atoms with van der Waals surface area (Å²) < 4.78 is 36.2. The first-order valence-corrected chi connectivity index (χ1v) is 6.37. The third-order valence-electron chi connectivity index (χ3n) is 2.70. The third-order valence-corrected chi connectivity index (χ3v) is 2.70. The quantitative estimate of drug-likeness (QED) is 0.589. The zero-order valence-corrected chi connectivity index (χ0v) is 12.1. The molecule has 0 spiro atoms. The average molecular weight is 304 g/mol. The Labute approximate surface area is 121 Å². The number of halogens is 3. The van der Waals surface area contributed by atoms with Crippen molar-refractivity contribution in [3.05, 3.63) is 23.4 Å². The lowest BCUT2D eigenvalue weighted by Crippen LogP contribution is -2.29. The van der Waals surface area contributed by atoms with Crippen LogP contribution in [0, 0.1) is 0 Å². The fraction of sp³-hybridized carbons (Fsp3) is 0.538. The van der Waals surface area contributed by atoms with E-state index < -0.39 is 25.0 Å². The molecule has 0 aliphatic rings. The van der Waals surface area contributed by atoms with E-state index >= 15 is 0 Å². The van der Waals surface area contributed by atoms with Crippen molar-refractivity contribution in [2.75, 3.05) is 12.0 Å². The molecule has 4 N–H and O–H groups in total. The second kappa shape index (κ2) is 6.30. The van der Waals surface area contributed by atoms with Crippen LogP contribution in [0.15, 0.2) is 12.1 Å². The smallest absolute Gasteiger partial charge is 0.352 e. The Morgan fingerprint density at radius 1 is 1.29 bits per heavy atom. The summed E-state index contributed by atoms with van der Waals surface area (Å²) in [5.74, 6) is 4.98. The molecular formula is C13H19F3N4O. The predicted molar refractivity (Wildman–Crippen MR) is 73.8 cm³/mol. The summed E-state index contributed by atoms with van der Waals surface area (Å²) in [7, 11) is 0. The van der Waals surface area contributed by atoms with E-state index in [0.29, 0.717) is 5.69 Å². The summed E-state index contributed by atoms with van der Waals surface area (Å²) in [6.07, 6.45) is -5.37. The molecule has 21 heavy (non-hydrogen) atoms. The SMILES string of the molecule is CC(C)(C)c1cc(C(=O)NCCC(F)(F)F)cc(NN)n1. The van der Waals surface area contributed by atoms with Gasteiger partial charge in [-0.1, -0.05) is 20.8 Å². The van der Waals surface area contributed by atoms with E-state index in [1.54, 1.807) is 6.07 Å². The van der Waals surface area contributed by atoms with Crippen LogP contribution in [0.3, 0.4) is 0 Å². The molecule has 1 amide bonds. The zero-order valence-electron chi connectivity index (χ0n) is 12.1. The standard InChI is InChI=1S/C13H19F3N4O/c1-12(2,3)9-6-8(7-10(19-9)20-17)11(21)18-5-4-13(14,15)16/h6-7H,4-5,17H2,1-3H3,(H,18,21)(H,19,20). The molecule has 0 radical (unpaired) electrons. The Morgan fingerprint density at radius 3 is 2.38 bits per heavy atom. The van der Waals surface area contributed by atoms with E-state index in [-0.39, 0.29) is 16.8 Å². The molecule has 8 heteroatoms. The molecule has 1 aromatic rings. The largest absolute Gasteiger partial charge is 0.390 e. The van der Waals surface area contributed by atoms with Gasteiger partial charge in [0, 0.05) is 23.2 Å². The number of aromatic nitrogens is 1. The normalized spacial score (nSPS) is 12.1. The van der Waals surface area contributed by atoms with Crippen LogP contribution < -0.4 is 16.6 Å². The number of nitrogens with one attached hydrogen (secondary N) is 2. The topological polar surface area (TPSA) is 80.0 Å². The number of alkyl halides is 3. The average Bonchev–Trinajstić information content (AvgIpc) is 2.35. The second-order valence-electron chi connectivity index (χ2n) is 5.64. The van der Waals surface area contributed by atoms with Gasteiger partial charge in [0.15, 0.2) is 0 Å². The van der Waals surface area contributed by atoms with Gasteiger partial charge in [0.05, 0.1) is 6.42 Å². The first-order valence-electron chi connectivity index (χ1n) is 6.37. The highest BCUT2D eigenvalue weighted by Crippen LogP contribution is 2.23. The Morgan fingerprint density at radius 2 is 1.90 bits per heavy atom. The van der Waals surface area contributed by atoms with E-state index in [9.17, 15) is 18.0 Å². The maximum atomic E-state index is 12.1. The van der Waals surface area contributed by atoms with Crippen molar-refractivity contribution in [2.45, 2.75) is 38.8 Å². The number of carbonyl (C=O) groups is 1. The van der Waals surface area contributed by atoms with Gasteiger partial charge in [0.2, 0.25) is 0 Å². The maximum absolute atomic E-state index is 12.1. The minimum Gasteiger partial charge on any atom is -0.352 e. The first kappa shape index (κ1) is 17.2. The third kappa shape index (κ3) is 5.58. The van der Waals surface area contributed by atoms with E-state index in [4.69, 9.17) is 5.84 Å². The van der Waals surface area contributed by atoms with Gasteiger partial charge in [0.1, 0.15) is 5.82 Å². The van der Waals surface area contributed by atoms with Crippen LogP contribution in [0.4, 0.5) is 19.0 Å². The molecule has 0 bridgehead atoms. The second-order valence-corrected chi connectivity index (χ2v) is 5.64. The molecule has 1 aromatic heterocycles. The monoisotopic (exact) mass is 304 g/mol. The summed E-state index contributed by atoms with van der Waals surface area (Å²) in [6.45, 7) is 5.24. The van der Waals surface area contributed by atoms with Crippen molar-refractivity contribution in [1.29, 1.82) is 0 Å². The van der Waals surface area contributed by atoms with Crippen LogP contribution in [0.1, 0.15) is 43.2 Å². The molecule has 118 valence electrons. The molecule has 0 unspecified atom stereocenters. The Hall–Kier alpha value is -1.83. The number of hydrazine groups is 1. The number of hydrogen-bond donors (Lipinski definition) is 3. The number of amides is 1. The Balaban J connectivity index is 2.89. The zero-order chi connectivity index (χ0) is 16.3. The van der Waals surface area contributed by atoms with Gasteiger partial charge in [-0.05, 0) is 12.1 Å². The van der Waals surface area contributed by atoms with Gasteiger partial charge >= 0.3 is 6.18 Å². The number of carbonyl (C=O) groups excluding carboxylic acids is 1. The first-order chi connectivity index (χ1) is 9.53. The predicted octanol–water partition coefficient (Wildman–Crippen LogP) is 2.35. The van der Waals surface area contributed by atoms with Crippen LogP contribution in [-0.4, -0.2) is 23.6 Å². The highest BCUT2D eigenvalue weighted by molar-refractivity contribution is 5.95. The lowest BCUT2D eigenvalue weighted by Gasteiger charge is -2.19. The van der Waals surface area contributed by atoms with Crippen LogP contribution in [0.5, 0.6) is 0 Å². The molecule has 0 aliphatic heterocycles. The molecule has 1 rings (SSSR count). The molecule has 0 atom stereocenters. The molecular weight excluding hydrogens is 285 g/mol. The minimum atomic E-state index is -4.30. The maximum Gasteiger partial charge on any atom is 0.390 e. The minimum absolute atomic E-state index is 0.213. The number of anilines is 1. The molecule has 0 saturated carbocycles. The summed E-state index contributed by atoms with van der Waals surface area (Å²) in [6, 6.07) is 2.93. The Kier molecular flexibility index (Phi) is 5.16. The van der Waals surface area contributed by atoms with Gasteiger partial charge in [-0.2, -0.15) is 13.2 Å². The molecule has 0 aliphatic carbocycles. The van der Waals surface area contributed by atoms with Crippen molar-refractivity contribution < 1.29 is 18.0 Å². The van der Waals surface area contributed by atoms with Gasteiger partial charge in [-0.3, -0.25) is 4.79 Å². The van der Waals surface area contributed by atoms with Crippen molar-refractivity contribution in [3.8, 4) is 0 Å². The number of nitrogens with zero attached hydrogens (tertiary/aromatic N) is 1. The van der Waals surface area contributed by atoms with Crippen LogP contribution in [-0.2, 0) is 5.41 Å². The number of nitrogens with two attached hydrogens (primary N) is 1. The van der Waals surface area contributed by atoms with E-state index in [1.165, 1.54) is 6.07 Å². The molecule has 0 saturated heterocycles. The highest BCUT2D eigenvalue weighted by Gasteiger charge is 2.27. The number of nitrogen functional groups attached to an aromatic ring is 1. The summed E-state index contributed by atoms with van der Waals surface area (Å²) in [5.41, 5.74) is 2.84. The van der Waals surface area contributed by atoms with Gasteiger partial charge in [0.25, 0.3) is 5.91 Å². The van der Waals surface area contributed by atoms with E-state index in [2.05, 4.69) is 15.7 Å². The Bertz CT molecular complexity index is 509. The molecule has 0 aromatic carbocycles. The number of rotatable bonds is 4. The van der Waals surface area contributed by atoms with E-state index in [1.807, 2.05) is 20.8 Å². The number of pyridine rings is 1. The lowest BCUT2D eigenvalue weighted by atomic mass is 9.90. The van der Waals surface area contributed by atoms with Gasteiger partial charge in [-0.15, -0.1) is 0 Å². The van der Waals surface area contributed by atoms with Crippen molar-refractivity contribution in [2.24, 2.45) is 5.84 Å². The van der Waals surface area contributed by atoms with Crippen LogP contribution in [0.25, 0.3) is 0 Å². The highest BCUT2D eigenvalue weighted by atomic mass is 19.4. The summed E-state index contributed by atoms with van der Waals surface area (Å²) in [5, 5.41) is 2.23. The molecule has 0 fully saturated rings. The van der Waals surface area contributed by atoms with Crippen molar-refractivity contribution in [1.82, 2.24) is 10.3 Å². The van der Waals surface area contributed by atoms with Crippen LogP contribution >= 0.6 is 0 Å².